The molecule has 0 aliphatic heterocycles. The first-order valence-corrected chi connectivity index (χ1v) is 8.29. The molecule has 0 aliphatic carbocycles. The number of anilines is 1. The van der Waals surface area contributed by atoms with Crippen LogP contribution in [0.4, 0.5) is 5.69 Å². The maximum Gasteiger partial charge on any atom is 0.224 e. The summed E-state index contributed by atoms with van der Waals surface area (Å²) in [6.07, 6.45) is 0.383. The first-order chi connectivity index (χ1) is 11.1. The lowest BCUT2D eigenvalue weighted by Gasteiger charge is -2.25. The molecular weight excluding hydrogens is 308 g/mol. The third kappa shape index (κ3) is 5.29. The highest BCUT2D eigenvalue weighted by Crippen LogP contribution is 2.18. The largest absolute Gasteiger partial charge is 0.370 e. The molecule has 2 aromatic rings. The minimum atomic E-state index is 0.0353. The van der Waals surface area contributed by atoms with Crippen molar-refractivity contribution in [3.8, 4) is 0 Å². The summed E-state index contributed by atoms with van der Waals surface area (Å²) in [4.78, 5) is 14.3. The molecule has 0 saturated carbocycles. The van der Waals surface area contributed by atoms with Crippen LogP contribution in [0.3, 0.4) is 0 Å². The van der Waals surface area contributed by atoms with Gasteiger partial charge in [0.1, 0.15) is 0 Å². The van der Waals surface area contributed by atoms with E-state index in [1.807, 2.05) is 24.3 Å². The Morgan fingerprint density at radius 1 is 1.13 bits per heavy atom. The van der Waals surface area contributed by atoms with Gasteiger partial charge in [0.15, 0.2) is 0 Å². The van der Waals surface area contributed by atoms with E-state index in [0.717, 1.165) is 18.7 Å². The third-order valence-electron chi connectivity index (χ3n) is 3.82. The number of hydrogen-bond donors (Lipinski definition) is 1. The molecule has 2 aromatic carbocycles. The lowest BCUT2D eigenvalue weighted by molar-refractivity contribution is -0.120. The van der Waals surface area contributed by atoms with Crippen molar-refractivity contribution in [3.63, 3.8) is 0 Å². The van der Waals surface area contributed by atoms with Gasteiger partial charge >= 0.3 is 0 Å². The normalized spacial score (nSPS) is 10.4. The Kier molecular flexibility index (Phi) is 6.48. The van der Waals surface area contributed by atoms with Gasteiger partial charge in [-0.2, -0.15) is 0 Å². The van der Waals surface area contributed by atoms with E-state index in [9.17, 15) is 4.79 Å². The SMILES string of the molecule is CCN(CCNC(=O)Cc1ccc(Cl)cc1)c1ccccc1C. The summed E-state index contributed by atoms with van der Waals surface area (Å²) in [6.45, 7) is 6.58. The van der Waals surface area contributed by atoms with E-state index in [-0.39, 0.29) is 5.91 Å². The number of aryl methyl sites for hydroxylation is 1. The van der Waals surface area contributed by atoms with E-state index >= 15 is 0 Å². The van der Waals surface area contributed by atoms with Crippen molar-refractivity contribution >= 4 is 23.2 Å². The van der Waals surface area contributed by atoms with Crippen LogP contribution < -0.4 is 10.2 Å². The number of para-hydroxylation sites is 1. The van der Waals surface area contributed by atoms with Crippen LogP contribution in [0.5, 0.6) is 0 Å². The highest BCUT2D eigenvalue weighted by Gasteiger charge is 2.08. The van der Waals surface area contributed by atoms with E-state index < -0.39 is 0 Å². The molecule has 23 heavy (non-hydrogen) atoms. The summed E-state index contributed by atoms with van der Waals surface area (Å²) in [7, 11) is 0. The predicted molar refractivity (Wildman–Crippen MR) is 97.2 cm³/mol. The Hall–Kier alpha value is -2.00. The Bertz CT molecular complexity index is 640. The van der Waals surface area contributed by atoms with Crippen LogP contribution in [0.2, 0.25) is 5.02 Å². The van der Waals surface area contributed by atoms with Crippen LogP contribution in [0.1, 0.15) is 18.1 Å². The minimum absolute atomic E-state index is 0.0353. The van der Waals surface area contributed by atoms with Gasteiger partial charge in [-0.25, -0.2) is 0 Å². The molecule has 0 spiro atoms. The zero-order valence-corrected chi connectivity index (χ0v) is 14.4. The van der Waals surface area contributed by atoms with Crippen LogP contribution >= 0.6 is 11.6 Å². The van der Waals surface area contributed by atoms with Crippen molar-refractivity contribution in [1.82, 2.24) is 5.32 Å². The van der Waals surface area contributed by atoms with E-state index in [4.69, 9.17) is 11.6 Å². The van der Waals surface area contributed by atoms with Crippen molar-refractivity contribution < 1.29 is 4.79 Å². The number of amides is 1. The number of halogens is 1. The maximum absolute atomic E-state index is 12.0. The van der Waals surface area contributed by atoms with Crippen LogP contribution in [0, 0.1) is 6.92 Å². The summed E-state index contributed by atoms with van der Waals surface area (Å²) in [5.41, 5.74) is 3.45. The summed E-state index contributed by atoms with van der Waals surface area (Å²) >= 11 is 5.85. The van der Waals surface area contributed by atoms with E-state index in [0.29, 0.717) is 18.0 Å². The van der Waals surface area contributed by atoms with Gasteiger partial charge in [-0.1, -0.05) is 41.9 Å². The Morgan fingerprint density at radius 2 is 1.83 bits per heavy atom. The number of rotatable bonds is 7. The Morgan fingerprint density at radius 3 is 2.48 bits per heavy atom. The van der Waals surface area contributed by atoms with Gasteiger partial charge in [-0.05, 0) is 43.2 Å². The van der Waals surface area contributed by atoms with E-state index in [1.54, 1.807) is 12.1 Å². The molecule has 0 unspecified atom stereocenters. The summed E-state index contributed by atoms with van der Waals surface area (Å²) in [5, 5.41) is 3.67. The van der Waals surface area contributed by atoms with Gasteiger partial charge < -0.3 is 10.2 Å². The number of carbonyl (C=O) groups excluding carboxylic acids is 1. The first kappa shape index (κ1) is 17.4. The molecule has 2 rings (SSSR count). The Balaban J connectivity index is 1.82. The van der Waals surface area contributed by atoms with Crippen LogP contribution in [0.25, 0.3) is 0 Å². The zero-order valence-electron chi connectivity index (χ0n) is 13.7. The lowest BCUT2D eigenvalue weighted by Crippen LogP contribution is -2.35. The number of nitrogens with one attached hydrogen (secondary N) is 1. The molecular formula is C19H23ClN2O. The maximum atomic E-state index is 12.0. The second-order valence-electron chi connectivity index (χ2n) is 5.52. The van der Waals surface area contributed by atoms with Gasteiger partial charge in [0, 0.05) is 30.3 Å². The molecule has 1 amide bonds. The highest BCUT2D eigenvalue weighted by atomic mass is 35.5. The van der Waals surface area contributed by atoms with E-state index in [1.165, 1.54) is 11.3 Å². The topological polar surface area (TPSA) is 32.3 Å². The molecule has 0 aromatic heterocycles. The smallest absolute Gasteiger partial charge is 0.224 e. The van der Waals surface area contributed by atoms with Crippen molar-refractivity contribution in [2.45, 2.75) is 20.3 Å². The van der Waals surface area contributed by atoms with Crippen molar-refractivity contribution in [2.24, 2.45) is 0 Å². The fraction of sp³-hybridized carbons (Fsp3) is 0.316. The molecule has 0 bridgehead atoms. The van der Waals surface area contributed by atoms with Gasteiger partial charge in [0.05, 0.1) is 6.42 Å². The van der Waals surface area contributed by atoms with Crippen LogP contribution in [-0.4, -0.2) is 25.5 Å². The molecule has 122 valence electrons. The minimum Gasteiger partial charge on any atom is -0.370 e. The van der Waals surface area contributed by atoms with Gasteiger partial charge in [0.2, 0.25) is 5.91 Å². The number of likely N-dealkylation sites (N-methyl/N-ethyl adjacent to an activating group) is 1. The first-order valence-electron chi connectivity index (χ1n) is 7.92. The number of hydrogen-bond acceptors (Lipinski definition) is 2. The number of carbonyl (C=O) groups is 1. The molecule has 0 saturated heterocycles. The average molecular weight is 331 g/mol. The fourth-order valence-corrected chi connectivity index (χ4v) is 2.67. The molecule has 0 fully saturated rings. The quantitative estimate of drug-likeness (QED) is 0.836. The second kappa shape index (κ2) is 8.59. The summed E-state index contributed by atoms with van der Waals surface area (Å²) < 4.78 is 0. The van der Waals surface area contributed by atoms with Crippen LogP contribution in [0.15, 0.2) is 48.5 Å². The molecule has 0 heterocycles. The van der Waals surface area contributed by atoms with Gasteiger partial charge in [-0.3, -0.25) is 4.79 Å². The molecule has 0 aliphatic rings. The lowest BCUT2D eigenvalue weighted by atomic mass is 10.1. The fourth-order valence-electron chi connectivity index (χ4n) is 2.55. The molecule has 4 heteroatoms. The third-order valence-corrected chi connectivity index (χ3v) is 4.07. The van der Waals surface area contributed by atoms with Gasteiger partial charge in [0.25, 0.3) is 0 Å². The van der Waals surface area contributed by atoms with Crippen molar-refractivity contribution in [2.75, 3.05) is 24.5 Å². The van der Waals surface area contributed by atoms with Crippen molar-refractivity contribution in [3.05, 3.63) is 64.7 Å². The van der Waals surface area contributed by atoms with Crippen LogP contribution in [-0.2, 0) is 11.2 Å². The average Bonchev–Trinajstić information content (AvgIpc) is 2.55. The summed E-state index contributed by atoms with van der Waals surface area (Å²) in [5.74, 6) is 0.0353. The second-order valence-corrected chi connectivity index (χ2v) is 5.96. The molecule has 0 atom stereocenters. The molecule has 1 N–H and O–H groups in total. The molecule has 3 nitrogen and oxygen atoms in total. The number of benzene rings is 2. The van der Waals surface area contributed by atoms with Gasteiger partial charge in [-0.15, -0.1) is 0 Å². The Labute approximate surface area is 143 Å². The standard InChI is InChI=1S/C19H23ClN2O/c1-3-22(18-7-5-4-6-15(18)2)13-12-21-19(23)14-16-8-10-17(20)11-9-16/h4-11H,3,12-14H2,1-2H3,(H,21,23). The molecule has 0 radical (unpaired) electrons. The van der Waals surface area contributed by atoms with E-state index in [2.05, 4.69) is 36.2 Å². The zero-order chi connectivity index (χ0) is 16.7. The summed E-state index contributed by atoms with van der Waals surface area (Å²) in [6, 6.07) is 15.7. The number of nitrogens with zero attached hydrogens (tertiary/aromatic N) is 1. The highest BCUT2D eigenvalue weighted by molar-refractivity contribution is 6.30. The predicted octanol–water partition coefficient (Wildman–Crippen LogP) is 3.83. The monoisotopic (exact) mass is 330 g/mol. The van der Waals surface area contributed by atoms with Crippen molar-refractivity contribution in [1.29, 1.82) is 0 Å².